The van der Waals surface area contributed by atoms with Crippen LogP contribution in [0.25, 0.3) is 5.69 Å². The van der Waals surface area contributed by atoms with E-state index >= 15 is 0 Å². The highest BCUT2D eigenvalue weighted by molar-refractivity contribution is 5.96. The number of aromatic nitrogens is 2. The summed E-state index contributed by atoms with van der Waals surface area (Å²) in [5, 5.41) is 18.5. The smallest absolute Gasteiger partial charge is 0.269 e. The zero-order valence-corrected chi connectivity index (χ0v) is 16.5. The van der Waals surface area contributed by atoms with Gasteiger partial charge in [-0.1, -0.05) is 13.8 Å². The van der Waals surface area contributed by atoms with Crippen molar-refractivity contribution in [2.24, 2.45) is 5.92 Å². The third-order valence-electron chi connectivity index (χ3n) is 4.84. The number of carbonyl (C=O) groups is 1. The summed E-state index contributed by atoms with van der Waals surface area (Å²) in [6.45, 7) is 7.24. The lowest BCUT2D eigenvalue weighted by atomic mass is 10.0. The standard InChI is InChI=1S/C20H26N4O4/c1-13(2)11-18-19(20(25)21-12-17-5-4-10-28-17)14(3)23(22-18)15-6-8-16(9-7-15)24(26)27/h6-9,13,17H,4-5,10-12H2,1-3H3,(H,21,25). The first kappa shape index (κ1) is 20.0. The summed E-state index contributed by atoms with van der Waals surface area (Å²) in [6.07, 6.45) is 2.72. The molecule has 1 atom stereocenters. The SMILES string of the molecule is Cc1c(C(=O)NCC2CCCO2)c(CC(C)C)nn1-c1ccc([N+](=O)[O-])cc1. The molecular weight excluding hydrogens is 360 g/mol. The number of nitrogens with zero attached hydrogens (tertiary/aromatic N) is 3. The summed E-state index contributed by atoms with van der Waals surface area (Å²) in [7, 11) is 0. The van der Waals surface area contributed by atoms with Gasteiger partial charge in [0.1, 0.15) is 0 Å². The normalized spacial score (nSPS) is 16.5. The second-order valence-corrected chi connectivity index (χ2v) is 7.54. The fraction of sp³-hybridized carbons (Fsp3) is 0.500. The fourth-order valence-electron chi connectivity index (χ4n) is 3.45. The number of benzene rings is 1. The first-order valence-electron chi connectivity index (χ1n) is 9.60. The van der Waals surface area contributed by atoms with E-state index in [1.807, 2.05) is 6.92 Å². The maximum absolute atomic E-state index is 12.9. The summed E-state index contributed by atoms with van der Waals surface area (Å²) < 4.78 is 7.26. The molecule has 3 rings (SSSR count). The molecule has 8 nitrogen and oxygen atoms in total. The maximum atomic E-state index is 12.9. The van der Waals surface area contributed by atoms with Gasteiger partial charge in [0.2, 0.25) is 0 Å². The van der Waals surface area contributed by atoms with Crippen molar-refractivity contribution in [3.05, 3.63) is 51.3 Å². The topological polar surface area (TPSA) is 99.3 Å². The summed E-state index contributed by atoms with van der Waals surface area (Å²) in [5.74, 6) is 0.182. The van der Waals surface area contributed by atoms with Crippen LogP contribution >= 0.6 is 0 Å². The molecule has 28 heavy (non-hydrogen) atoms. The monoisotopic (exact) mass is 386 g/mol. The van der Waals surface area contributed by atoms with Gasteiger partial charge in [0.05, 0.1) is 33.7 Å². The van der Waals surface area contributed by atoms with Gasteiger partial charge >= 0.3 is 0 Å². The third-order valence-corrected chi connectivity index (χ3v) is 4.84. The number of nitrogens with one attached hydrogen (secondary N) is 1. The van der Waals surface area contributed by atoms with Gasteiger partial charge in [0, 0.05) is 25.3 Å². The van der Waals surface area contributed by atoms with Crippen molar-refractivity contribution in [2.75, 3.05) is 13.2 Å². The maximum Gasteiger partial charge on any atom is 0.269 e. The highest BCUT2D eigenvalue weighted by Gasteiger charge is 2.24. The Labute approximate surface area is 164 Å². The number of hydrogen-bond donors (Lipinski definition) is 1. The van der Waals surface area contributed by atoms with Crippen LogP contribution < -0.4 is 5.32 Å². The van der Waals surface area contributed by atoms with Crippen molar-refractivity contribution >= 4 is 11.6 Å². The number of carbonyl (C=O) groups excluding carboxylic acids is 1. The van der Waals surface area contributed by atoms with E-state index in [4.69, 9.17) is 4.74 Å². The number of rotatable bonds is 7. The van der Waals surface area contributed by atoms with Crippen LogP contribution in [0.4, 0.5) is 5.69 Å². The van der Waals surface area contributed by atoms with Gasteiger partial charge in [-0.3, -0.25) is 14.9 Å². The first-order chi connectivity index (χ1) is 13.4. The summed E-state index contributed by atoms with van der Waals surface area (Å²) in [6, 6.07) is 6.17. The number of amides is 1. The second-order valence-electron chi connectivity index (χ2n) is 7.54. The van der Waals surface area contributed by atoms with Crippen molar-refractivity contribution in [1.82, 2.24) is 15.1 Å². The Morgan fingerprint density at radius 1 is 1.39 bits per heavy atom. The first-order valence-corrected chi connectivity index (χ1v) is 9.60. The van der Waals surface area contributed by atoms with E-state index in [1.165, 1.54) is 12.1 Å². The zero-order valence-electron chi connectivity index (χ0n) is 16.5. The molecular formula is C20H26N4O4. The predicted octanol–water partition coefficient (Wildman–Crippen LogP) is 3.20. The molecule has 0 bridgehead atoms. The highest BCUT2D eigenvalue weighted by Crippen LogP contribution is 2.23. The largest absolute Gasteiger partial charge is 0.376 e. The quantitative estimate of drug-likeness (QED) is 0.582. The van der Waals surface area contributed by atoms with Gasteiger partial charge in [-0.05, 0) is 44.2 Å². The molecule has 1 aliphatic rings. The molecule has 1 fully saturated rings. The highest BCUT2D eigenvalue weighted by atomic mass is 16.6. The van der Waals surface area contributed by atoms with Crippen LogP contribution in [-0.2, 0) is 11.2 Å². The molecule has 1 aromatic heterocycles. The van der Waals surface area contributed by atoms with E-state index in [-0.39, 0.29) is 17.7 Å². The van der Waals surface area contributed by atoms with Crippen LogP contribution in [0.15, 0.2) is 24.3 Å². The van der Waals surface area contributed by atoms with Crippen molar-refractivity contribution in [2.45, 2.75) is 46.1 Å². The third kappa shape index (κ3) is 4.39. The lowest BCUT2D eigenvalue weighted by Gasteiger charge is -2.12. The number of hydrogen-bond acceptors (Lipinski definition) is 5. The number of nitro benzene ring substituents is 1. The lowest BCUT2D eigenvalue weighted by Crippen LogP contribution is -2.32. The minimum absolute atomic E-state index is 0.0190. The van der Waals surface area contributed by atoms with E-state index in [1.54, 1.807) is 16.8 Å². The van der Waals surface area contributed by atoms with E-state index in [0.29, 0.717) is 35.8 Å². The molecule has 8 heteroatoms. The Balaban J connectivity index is 1.89. The van der Waals surface area contributed by atoms with Crippen LogP contribution in [0.5, 0.6) is 0 Å². The van der Waals surface area contributed by atoms with E-state index in [2.05, 4.69) is 24.3 Å². The van der Waals surface area contributed by atoms with Crippen molar-refractivity contribution in [3.63, 3.8) is 0 Å². The van der Waals surface area contributed by atoms with Gasteiger partial charge in [-0.15, -0.1) is 0 Å². The van der Waals surface area contributed by atoms with Crippen molar-refractivity contribution in [1.29, 1.82) is 0 Å². The number of ether oxygens (including phenoxy) is 1. The Hall–Kier alpha value is -2.74. The van der Waals surface area contributed by atoms with Gasteiger partial charge < -0.3 is 10.1 Å². The summed E-state index contributed by atoms with van der Waals surface area (Å²) in [4.78, 5) is 23.4. The lowest BCUT2D eigenvalue weighted by molar-refractivity contribution is -0.384. The minimum Gasteiger partial charge on any atom is -0.376 e. The molecule has 1 N–H and O–H groups in total. The van der Waals surface area contributed by atoms with Crippen molar-refractivity contribution in [3.8, 4) is 5.69 Å². The Bertz CT molecular complexity index is 852. The van der Waals surface area contributed by atoms with Crippen molar-refractivity contribution < 1.29 is 14.5 Å². The van der Waals surface area contributed by atoms with Gasteiger partial charge in [-0.25, -0.2) is 4.68 Å². The Morgan fingerprint density at radius 3 is 2.68 bits per heavy atom. The molecule has 2 heterocycles. The Kier molecular flexibility index (Phi) is 6.08. The van der Waals surface area contributed by atoms with Gasteiger partial charge in [0.25, 0.3) is 11.6 Å². The van der Waals surface area contributed by atoms with E-state index in [0.717, 1.165) is 25.1 Å². The minimum atomic E-state index is -0.437. The molecule has 0 saturated carbocycles. The van der Waals surface area contributed by atoms with Crippen LogP contribution in [0.3, 0.4) is 0 Å². The molecule has 1 saturated heterocycles. The molecule has 0 aliphatic carbocycles. The molecule has 1 amide bonds. The average molecular weight is 386 g/mol. The zero-order chi connectivity index (χ0) is 20.3. The average Bonchev–Trinajstić information content (AvgIpc) is 3.27. The second kappa shape index (κ2) is 8.52. The molecule has 0 spiro atoms. The van der Waals surface area contributed by atoms with Gasteiger partial charge in [-0.2, -0.15) is 5.10 Å². The molecule has 2 aromatic rings. The molecule has 0 radical (unpaired) electrons. The summed E-state index contributed by atoms with van der Waals surface area (Å²) >= 11 is 0. The molecule has 1 aliphatic heterocycles. The van der Waals surface area contributed by atoms with E-state index < -0.39 is 4.92 Å². The summed E-state index contributed by atoms with van der Waals surface area (Å²) in [5.41, 5.74) is 2.73. The number of non-ortho nitro benzene ring substituents is 1. The number of nitro groups is 1. The fourth-order valence-corrected chi connectivity index (χ4v) is 3.45. The molecule has 1 unspecified atom stereocenters. The molecule has 1 aromatic carbocycles. The predicted molar refractivity (Wildman–Crippen MR) is 105 cm³/mol. The van der Waals surface area contributed by atoms with Crippen LogP contribution in [0.2, 0.25) is 0 Å². The van der Waals surface area contributed by atoms with Gasteiger partial charge in [0.15, 0.2) is 0 Å². The molecule has 150 valence electrons. The van der Waals surface area contributed by atoms with Crippen LogP contribution in [0.1, 0.15) is 48.4 Å². The van der Waals surface area contributed by atoms with E-state index in [9.17, 15) is 14.9 Å². The Morgan fingerprint density at radius 2 is 2.11 bits per heavy atom. The van der Waals surface area contributed by atoms with Crippen LogP contribution in [0, 0.1) is 23.0 Å². The van der Waals surface area contributed by atoms with Crippen LogP contribution in [-0.4, -0.2) is 39.9 Å².